The first-order valence-electron chi connectivity index (χ1n) is 9.67. The van der Waals surface area contributed by atoms with Gasteiger partial charge >= 0.3 is 0 Å². The molecule has 0 saturated carbocycles. The van der Waals surface area contributed by atoms with E-state index in [0.29, 0.717) is 31.3 Å². The van der Waals surface area contributed by atoms with Crippen molar-refractivity contribution in [2.45, 2.75) is 12.3 Å². The fourth-order valence-electron chi connectivity index (χ4n) is 3.86. The first kappa shape index (κ1) is 18.9. The molecule has 1 atom stereocenters. The quantitative estimate of drug-likeness (QED) is 0.585. The number of rotatable bonds is 4. The molecule has 0 bridgehead atoms. The second-order valence-corrected chi connectivity index (χ2v) is 8.43. The van der Waals surface area contributed by atoms with Gasteiger partial charge in [0.05, 0.1) is 11.8 Å². The number of carbonyl (C=O) groups excluding carboxylic acids is 2. The molecule has 0 radical (unpaired) electrons. The molecule has 2 amide bonds. The number of likely N-dealkylation sites (tertiary alicyclic amines) is 1. The molecular formula is C21H18BrN5O3. The van der Waals surface area contributed by atoms with Crippen LogP contribution in [-0.4, -0.2) is 51.5 Å². The Morgan fingerprint density at radius 2 is 1.93 bits per heavy atom. The van der Waals surface area contributed by atoms with E-state index < -0.39 is 0 Å². The van der Waals surface area contributed by atoms with Gasteiger partial charge in [0.15, 0.2) is 0 Å². The Balaban J connectivity index is 1.20. The number of nitrogens with zero attached hydrogens (tertiary/aromatic N) is 5. The van der Waals surface area contributed by atoms with Crippen molar-refractivity contribution < 1.29 is 14.1 Å². The van der Waals surface area contributed by atoms with Crippen molar-refractivity contribution in [1.29, 1.82) is 0 Å². The lowest BCUT2D eigenvalue weighted by molar-refractivity contribution is -0.140. The van der Waals surface area contributed by atoms with Gasteiger partial charge in [0, 0.05) is 54.2 Å². The molecule has 2 fully saturated rings. The largest absolute Gasteiger partial charge is 0.341 e. The maximum Gasteiger partial charge on any atom is 0.233 e. The van der Waals surface area contributed by atoms with Crippen LogP contribution in [-0.2, 0) is 9.59 Å². The van der Waals surface area contributed by atoms with E-state index >= 15 is 0 Å². The Labute approximate surface area is 181 Å². The van der Waals surface area contributed by atoms with Gasteiger partial charge in [-0.3, -0.25) is 14.6 Å². The predicted octanol–water partition coefficient (Wildman–Crippen LogP) is 2.87. The second-order valence-electron chi connectivity index (χ2n) is 7.52. The Bertz CT molecular complexity index is 1100. The van der Waals surface area contributed by atoms with Crippen LogP contribution in [0, 0.1) is 5.92 Å². The summed E-state index contributed by atoms with van der Waals surface area (Å²) in [6, 6.07) is 11.2. The van der Waals surface area contributed by atoms with Gasteiger partial charge in [-0.05, 0) is 30.3 Å². The van der Waals surface area contributed by atoms with Gasteiger partial charge in [-0.15, -0.1) is 0 Å². The zero-order valence-corrected chi connectivity index (χ0v) is 17.5. The van der Waals surface area contributed by atoms with Gasteiger partial charge < -0.3 is 14.3 Å². The fourth-order valence-corrected chi connectivity index (χ4v) is 4.25. The summed E-state index contributed by atoms with van der Waals surface area (Å²) in [5.74, 6) is 0.726. The Kier molecular flexibility index (Phi) is 4.82. The van der Waals surface area contributed by atoms with Crippen molar-refractivity contribution in [1.82, 2.24) is 20.0 Å². The molecule has 2 aliphatic rings. The summed E-state index contributed by atoms with van der Waals surface area (Å²) < 4.78 is 6.30. The van der Waals surface area contributed by atoms with Crippen LogP contribution >= 0.6 is 15.9 Å². The number of hydrogen-bond acceptors (Lipinski definition) is 6. The van der Waals surface area contributed by atoms with Crippen molar-refractivity contribution in [2.75, 3.05) is 24.5 Å². The number of pyridine rings is 1. The first-order chi connectivity index (χ1) is 14.6. The summed E-state index contributed by atoms with van der Waals surface area (Å²) >= 11 is 3.43. The SMILES string of the molecule is O=C([C@@H]1CC(=O)N(c2cccc(Br)c2)C1)N1CC(c2nc(-c3ccncc3)no2)C1. The highest BCUT2D eigenvalue weighted by Crippen LogP contribution is 2.32. The zero-order valence-electron chi connectivity index (χ0n) is 15.9. The Hall–Kier alpha value is -3.07. The van der Waals surface area contributed by atoms with Gasteiger partial charge in [0.1, 0.15) is 0 Å². The van der Waals surface area contributed by atoms with Crippen LogP contribution in [0.25, 0.3) is 11.4 Å². The summed E-state index contributed by atoms with van der Waals surface area (Å²) in [4.78, 5) is 37.2. The highest BCUT2D eigenvalue weighted by Gasteiger charge is 2.42. The molecule has 4 heterocycles. The summed E-state index contributed by atoms with van der Waals surface area (Å²) in [5, 5.41) is 4.02. The van der Waals surface area contributed by atoms with Crippen LogP contribution in [0.1, 0.15) is 18.2 Å². The number of anilines is 1. The predicted molar refractivity (Wildman–Crippen MR) is 111 cm³/mol. The molecule has 0 N–H and O–H groups in total. The number of hydrogen-bond donors (Lipinski definition) is 0. The highest BCUT2D eigenvalue weighted by molar-refractivity contribution is 9.10. The molecule has 5 rings (SSSR count). The molecule has 0 aliphatic carbocycles. The van der Waals surface area contributed by atoms with E-state index in [1.54, 1.807) is 22.2 Å². The fraction of sp³-hybridized carbons (Fsp3) is 0.286. The number of benzene rings is 1. The number of aromatic nitrogens is 3. The van der Waals surface area contributed by atoms with Crippen LogP contribution in [0.4, 0.5) is 5.69 Å². The molecule has 3 aromatic rings. The minimum absolute atomic E-state index is 0.00553. The molecule has 152 valence electrons. The number of carbonyl (C=O) groups is 2. The number of amides is 2. The summed E-state index contributed by atoms with van der Waals surface area (Å²) in [6.45, 7) is 1.46. The average Bonchev–Trinajstić information content (AvgIpc) is 3.35. The summed E-state index contributed by atoms with van der Waals surface area (Å²) in [6.07, 6.45) is 3.59. The van der Waals surface area contributed by atoms with Crippen molar-refractivity contribution in [3.63, 3.8) is 0 Å². The molecule has 2 aromatic heterocycles. The van der Waals surface area contributed by atoms with Gasteiger partial charge in [0.2, 0.25) is 23.5 Å². The third-order valence-electron chi connectivity index (χ3n) is 5.52. The van der Waals surface area contributed by atoms with Crippen LogP contribution < -0.4 is 4.90 Å². The van der Waals surface area contributed by atoms with E-state index in [9.17, 15) is 9.59 Å². The molecule has 2 saturated heterocycles. The lowest BCUT2D eigenvalue weighted by atomic mass is 9.96. The minimum Gasteiger partial charge on any atom is -0.341 e. The number of halogens is 1. The smallest absolute Gasteiger partial charge is 0.233 e. The van der Waals surface area contributed by atoms with Crippen molar-refractivity contribution in [3.8, 4) is 11.4 Å². The Morgan fingerprint density at radius 3 is 2.70 bits per heavy atom. The van der Waals surface area contributed by atoms with Crippen LogP contribution in [0.5, 0.6) is 0 Å². The maximum absolute atomic E-state index is 12.9. The van der Waals surface area contributed by atoms with E-state index in [1.807, 2.05) is 36.4 Å². The van der Waals surface area contributed by atoms with Gasteiger partial charge in [0.25, 0.3) is 0 Å². The second kappa shape index (κ2) is 7.64. The maximum atomic E-state index is 12.9. The van der Waals surface area contributed by atoms with Crippen LogP contribution in [0.3, 0.4) is 0 Å². The molecule has 0 spiro atoms. The molecule has 0 unspecified atom stereocenters. The molecule has 30 heavy (non-hydrogen) atoms. The van der Waals surface area contributed by atoms with E-state index in [4.69, 9.17) is 4.52 Å². The zero-order chi connectivity index (χ0) is 20.7. The summed E-state index contributed by atoms with van der Waals surface area (Å²) in [5.41, 5.74) is 1.64. The molecule has 1 aromatic carbocycles. The molecule has 9 heteroatoms. The van der Waals surface area contributed by atoms with Gasteiger partial charge in [-0.2, -0.15) is 4.98 Å². The van der Waals surface area contributed by atoms with Crippen LogP contribution in [0.15, 0.2) is 57.8 Å². The van der Waals surface area contributed by atoms with E-state index in [1.165, 1.54) is 0 Å². The Morgan fingerprint density at radius 1 is 1.13 bits per heavy atom. The third-order valence-corrected chi connectivity index (χ3v) is 6.01. The standard InChI is InChI=1S/C21H18BrN5O3/c22-16-2-1-3-17(9-16)27-12-14(8-18(27)28)21(29)26-10-15(11-26)20-24-19(25-30-20)13-4-6-23-7-5-13/h1-7,9,14-15H,8,10-12H2/t14-/m1/s1. The lowest BCUT2D eigenvalue weighted by Gasteiger charge is -2.38. The first-order valence-corrected chi connectivity index (χ1v) is 10.5. The van der Waals surface area contributed by atoms with Crippen LogP contribution in [0.2, 0.25) is 0 Å². The minimum atomic E-state index is -0.326. The lowest BCUT2D eigenvalue weighted by Crippen LogP contribution is -2.51. The molecular weight excluding hydrogens is 450 g/mol. The topological polar surface area (TPSA) is 92.4 Å². The normalized spacial score (nSPS) is 19.2. The monoisotopic (exact) mass is 467 g/mol. The van der Waals surface area contributed by atoms with E-state index in [0.717, 1.165) is 15.7 Å². The molecule has 2 aliphatic heterocycles. The van der Waals surface area contributed by atoms with Gasteiger partial charge in [-0.25, -0.2) is 0 Å². The summed E-state index contributed by atoms with van der Waals surface area (Å²) in [7, 11) is 0. The van der Waals surface area contributed by atoms with Crippen molar-refractivity contribution in [2.24, 2.45) is 5.92 Å². The van der Waals surface area contributed by atoms with E-state index in [-0.39, 0.29) is 30.1 Å². The van der Waals surface area contributed by atoms with Crippen molar-refractivity contribution >= 4 is 33.4 Å². The highest BCUT2D eigenvalue weighted by atomic mass is 79.9. The van der Waals surface area contributed by atoms with Gasteiger partial charge in [-0.1, -0.05) is 27.2 Å². The van der Waals surface area contributed by atoms with Crippen molar-refractivity contribution in [3.05, 3.63) is 59.2 Å². The van der Waals surface area contributed by atoms with E-state index in [2.05, 4.69) is 31.1 Å². The molecule has 8 nitrogen and oxygen atoms in total. The third kappa shape index (κ3) is 3.49. The average molecular weight is 468 g/mol.